The fraction of sp³-hybridized carbons (Fsp3) is 0.714. The van der Waals surface area contributed by atoms with Crippen LogP contribution in [-0.2, 0) is 6.54 Å². The van der Waals surface area contributed by atoms with Gasteiger partial charge in [0.25, 0.3) is 5.56 Å². The molecule has 1 aliphatic heterocycles. The summed E-state index contributed by atoms with van der Waals surface area (Å²) in [6.45, 7) is 6.07. The number of hydrogen-bond acceptors (Lipinski definition) is 4. The van der Waals surface area contributed by atoms with Crippen LogP contribution in [0.25, 0.3) is 0 Å². The van der Waals surface area contributed by atoms with E-state index < -0.39 is 0 Å². The van der Waals surface area contributed by atoms with Crippen molar-refractivity contribution in [2.24, 2.45) is 11.7 Å². The molecule has 1 aromatic rings. The Balaban J connectivity index is 2.31. The average molecular weight is 299 g/mol. The van der Waals surface area contributed by atoms with Crippen LogP contribution in [0.4, 0.5) is 5.69 Å². The molecule has 2 unspecified atom stereocenters. The summed E-state index contributed by atoms with van der Waals surface area (Å²) in [7, 11) is 0. The number of nitrogens with zero attached hydrogens (tertiary/aromatic N) is 3. The monoisotopic (exact) mass is 298 g/mol. The zero-order valence-electron chi connectivity index (χ0n) is 12.2. The minimum Gasteiger partial charge on any atom is -0.365 e. The highest BCUT2D eigenvalue weighted by Gasteiger charge is 2.29. The van der Waals surface area contributed by atoms with Crippen LogP contribution in [-0.4, -0.2) is 28.9 Å². The summed E-state index contributed by atoms with van der Waals surface area (Å²) < 4.78 is 1.38. The maximum Gasteiger partial charge on any atom is 0.287 e. The van der Waals surface area contributed by atoms with Gasteiger partial charge in [-0.2, -0.15) is 5.10 Å². The zero-order chi connectivity index (χ0) is 14.7. The van der Waals surface area contributed by atoms with Crippen LogP contribution < -0.4 is 16.2 Å². The van der Waals surface area contributed by atoms with Gasteiger partial charge in [0.2, 0.25) is 0 Å². The standard InChI is InChI=1S/C14H23ClN4O/c1-3-10-5-6-18(11(7-10)8-16)12-9-17-19(4-2)14(20)13(12)15/h9-11H,3-8,16H2,1-2H3. The van der Waals surface area contributed by atoms with Gasteiger partial charge in [0.15, 0.2) is 0 Å². The Morgan fingerprint density at radius 2 is 2.25 bits per heavy atom. The Hall–Kier alpha value is -1.07. The molecule has 5 nitrogen and oxygen atoms in total. The number of nitrogens with two attached hydrogens (primary N) is 1. The highest BCUT2D eigenvalue weighted by Crippen LogP contribution is 2.31. The van der Waals surface area contributed by atoms with Crippen molar-refractivity contribution in [3.05, 3.63) is 21.6 Å². The van der Waals surface area contributed by atoms with E-state index in [9.17, 15) is 4.79 Å². The summed E-state index contributed by atoms with van der Waals surface area (Å²) in [5.74, 6) is 0.711. The number of aromatic nitrogens is 2. The van der Waals surface area contributed by atoms with Crippen molar-refractivity contribution >= 4 is 17.3 Å². The van der Waals surface area contributed by atoms with Crippen molar-refractivity contribution < 1.29 is 0 Å². The Kier molecular flexibility index (Phi) is 5.05. The lowest BCUT2D eigenvalue weighted by Gasteiger charge is -2.40. The number of piperidine rings is 1. The van der Waals surface area contributed by atoms with Gasteiger partial charge < -0.3 is 10.6 Å². The predicted octanol–water partition coefficient (Wildman–Crippen LogP) is 1.87. The second-order valence-electron chi connectivity index (χ2n) is 5.35. The molecule has 0 amide bonds. The van der Waals surface area contributed by atoms with Gasteiger partial charge in [0.05, 0.1) is 11.9 Å². The van der Waals surface area contributed by atoms with Crippen molar-refractivity contribution in [2.75, 3.05) is 18.0 Å². The van der Waals surface area contributed by atoms with Crippen LogP contribution in [0.15, 0.2) is 11.0 Å². The molecule has 1 aromatic heterocycles. The molecule has 1 saturated heterocycles. The van der Waals surface area contributed by atoms with Crippen molar-refractivity contribution in [3.8, 4) is 0 Å². The van der Waals surface area contributed by atoms with Gasteiger partial charge in [0.1, 0.15) is 5.02 Å². The third-order valence-corrected chi connectivity index (χ3v) is 4.60. The van der Waals surface area contributed by atoms with Gasteiger partial charge in [-0.25, -0.2) is 4.68 Å². The molecule has 2 atom stereocenters. The Labute approximate surface area is 124 Å². The SMILES string of the molecule is CCC1CCN(c2cnn(CC)c(=O)c2Cl)C(CN)C1. The van der Waals surface area contributed by atoms with E-state index >= 15 is 0 Å². The van der Waals surface area contributed by atoms with Gasteiger partial charge in [-0.1, -0.05) is 24.9 Å². The van der Waals surface area contributed by atoms with E-state index in [1.807, 2.05) is 6.92 Å². The lowest BCUT2D eigenvalue weighted by molar-refractivity contribution is 0.335. The predicted molar refractivity (Wildman–Crippen MR) is 82.4 cm³/mol. The summed E-state index contributed by atoms with van der Waals surface area (Å²) in [5.41, 5.74) is 6.41. The molecular formula is C14H23ClN4O. The Morgan fingerprint density at radius 1 is 1.50 bits per heavy atom. The Bertz CT molecular complexity index is 516. The summed E-state index contributed by atoms with van der Waals surface area (Å²) in [6.07, 6.45) is 5.04. The van der Waals surface area contributed by atoms with Crippen LogP contribution in [0.2, 0.25) is 5.02 Å². The van der Waals surface area contributed by atoms with E-state index in [0.717, 1.165) is 25.1 Å². The zero-order valence-corrected chi connectivity index (χ0v) is 12.9. The topological polar surface area (TPSA) is 64.2 Å². The lowest BCUT2D eigenvalue weighted by atomic mass is 9.88. The molecule has 1 aliphatic rings. The average Bonchev–Trinajstić information content (AvgIpc) is 2.49. The molecule has 0 saturated carbocycles. The molecule has 2 heterocycles. The van der Waals surface area contributed by atoms with E-state index in [4.69, 9.17) is 17.3 Å². The van der Waals surface area contributed by atoms with E-state index in [2.05, 4.69) is 16.9 Å². The second kappa shape index (κ2) is 6.59. The van der Waals surface area contributed by atoms with Gasteiger partial charge in [-0.15, -0.1) is 0 Å². The minimum absolute atomic E-state index is 0.222. The van der Waals surface area contributed by atoms with Crippen LogP contribution in [0.5, 0.6) is 0 Å². The molecule has 20 heavy (non-hydrogen) atoms. The van der Waals surface area contributed by atoms with Crippen molar-refractivity contribution in [1.29, 1.82) is 0 Å². The number of aryl methyl sites for hydroxylation is 1. The molecule has 2 N–H and O–H groups in total. The summed E-state index contributed by atoms with van der Waals surface area (Å²) in [4.78, 5) is 14.2. The molecule has 0 aromatic carbocycles. The van der Waals surface area contributed by atoms with Crippen molar-refractivity contribution in [1.82, 2.24) is 9.78 Å². The minimum atomic E-state index is -0.222. The van der Waals surface area contributed by atoms with Gasteiger partial charge in [-0.05, 0) is 25.7 Å². The molecule has 6 heteroatoms. The molecule has 0 aliphatic carbocycles. The largest absolute Gasteiger partial charge is 0.365 e. The number of anilines is 1. The first-order chi connectivity index (χ1) is 9.62. The first kappa shape index (κ1) is 15.3. The second-order valence-corrected chi connectivity index (χ2v) is 5.72. The van der Waals surface area contributed by atoms with Crippen molar-refractivity contribution in [2.45, 2.75) is 45.7 Å². The van der Waals surface area contributed by atoms with Gasteiger partial charge >= 0.3 is 0 Å². The van der Waals surface area contributed by atoms with Crippen molar-refractivity contribution in [3.63, 3.8) is 0 Å². The first-order valence-corrected chi connectivity index (χ1v) is 7.72. The van der Waals surface area contributed by atoms with Crippen LogP contribution in [0, 0.1) is 5.92 Å². The van der Waals surface area contributed by atoms with Gasteiger partial charge in [0, 0.05) is 25.7 Å². The van der Waals surface area contributed by atoms with E-state index in [0.29, 0.717) is 19.0 Å². The molecule has 112 valence electrons. The molecule has 1 fully saturated rings. The third-order valence-electron chi connectivity index (χ3n) is 4.25. The molecule has 0 spiro atoms. The fourth-order valence-electron chi connectivity index (χ4n) is 2.93. The fourth-order valence-corrected chi connectivity index (χ4v) is 3.18. The molecule has 0 radical (unpaired) electrons. The molecular weight excluding hydrogens is 276 g/mol. The quantitative estimate of drug-likeness (QED) is 0.922. The third kappa shape index (κ3) is 2.83. The number of rotatable bonds is 4. The van der Waals surface area contributed by atoms with E-state index in [1.54, 1.807) is 6.20 Å². The lowest BCUT2D eigenvalue weighted by Crippen LogP contribution is -2.47. The number of halogens is 1. The van der Waals surface area contributed by atoms with E-state index in [-0.39, 0.29) is 16.6 Å². The first-order valence-electron chi connectivity index (χ1n) is 7.34. The maximum atomic E-state index is 12.1. The Morgan fingerprint density at radius 3 is 2.85 bits per heavy atom. The van der Waals surface area contributed by atoms with Crippen LogP contribution in [0.3, 0.4) is 0 Å². The van der Waals surface area contributed by atoms with E-state index in [1.165, 1.54) is 11.1 Å². The normalized spacial score (nSPS) is 23.1. The number of hydrogen-bond donors (Lipinski definition) is 1. The smallest absolute Gasteiger partial charge is 0.287 e. The summed E-state index contributed by atoms with van der Waals surface area (Å²) in [5, 5.41) is 4.44. The summed E-state index contributed by atoms with van der Waals surface area (Å²) >= 11 is 6.25. The summed E-state index contributed by atoms with van der Waals surface area (Å²) in [6, 6.07) is 0.241. The molecule has 0 bridgehead atoms. The van der Waals surface area contributed by atoms with Crippen LogP contribution >= 0.6 is 11.6 Å². The van der Waals surface area contributed by atoms with Gasteiger partial charge in [-0.3, -0.25) is 4.79 Å². The highest BCUT2D eigenvalue weighted by atomic mass is 35.5. The highest BCUT2D eigenvalue weighted by molar-refractivity contribution is 6.33. The molecule has 2 rings (SSSR count). The maximum absolute atomic E-state index is 12.1. The van der Waals surface area contributed by atoms with Crippen LogP contribution in [0.1, 0.15) is 33.1 Å².